The number of benzene rings is 1. The Morgan fingerprint density at radius 3 is 2.89 bits per heavy atom. The van der Waals surface area contributed by atoms with Crippen molar-refractivity contribution >= 4 is 5.91 Å². The molecule has 2 N–H and O–H groups in total. The second kappa shape index (κ2) is 5.70. The average molecular weight is 264 g/mol. The van der Waals surface area contributed by atoms with Gasteiger partial charge in [0.2, 0.25) is 0 Å². The lowest BCUT2D eigenvalue weighted by Gasteiger charge is -2.39. The number of hydrogen-bond donors (Lipinski definition) is 1. The lowest BCUT2D eigenvalue weighted by atomic mass is 9.90. The van der Waals surface area contributed by atoms with E-state index in [-0.39, 0.29) is 17.5 Å². The summed E-state index contributed by atoms with van der Waals surface area (Å²) < 4.78 is 13.9. The largest absolute Gasteiger partial charge is 0.334 e. The summed E-state index contributed by atoms with van der Waals surface area (Å²) in [7, 11) is 0. The van der Waals surface area contributed by atoms with Crippen LogP contribution in [-0.2, 0) is 0 Å². The first kappa shape index (κ1) is 14.0. The molecule has 1 aliphatic rings. The van der Waals surface area contributed by atoms with E-state index in [4.69, 9.17) is 5.73 Å². The Hall–Kier alpha value is -1.42. The minimum Gasteiger partial charge on any atom is -0.334 e. The SMILES string of the molecule is Cc1ccc(C(=O)N2CCC[C@H](C)[C@@H]2CN)c(F)c1. The lowest BCUT2D eigenvalue weighted by molar-refractivity contribution is 0.0528. The van der Waals surface area contributed by atoms with Crippen molar-refractivity contribution in [3.05, 3.63) is 35.1 Å². The van der Waals surface area contributed by atoms with Gasteiger partial charge in [-0.2, -0.15) is 0 Å². The third-order valence-electron chi connectivity index (χ3n) is 3.97. The van der Waals surface area contributed by atoms with E-state index in [2.05, 4.69) is 6.92 Å². The van der Waals surface area contributed by atoms with Crippen LogP contribution in [0.25, 0.3) is 0 Å². The molecule has 0 bridgehead atoms. The van der Waals surface area contributed by atoms with E-state index >= 15 is 0 Å². The Morgan fingerprint density at radius 2 is 2.26 bits per heavy atom. The van der Waals surface area contributed by atoms with E-state index in [1.165, 1.54) is 6.07 Å². The van der Waals surface area contributed by atoms with Gasteiger partial charge in [0.05, 0.1) is 5.56 Å². The van der Waals surface area contributed by atoms with Crippen molar-refractivity contribution in [2.75, 3.05) is 13.1 Å². The van der Waals surface area contributed by atoms with Gasteiger partial charge in [-0.05, 0) is 43.4 Å². The fourth-order valence-corrected chi connectivity index (χ4v) is 2.81. The van der Waals surface area contributed by atoms with Crippen LogP contribution in [0.2, 0.25) is 0 Å². The van der Waals surface area contributed by atoms with Crippen molar-refractivity contribution in [3.63, 3.8) is 0 Å². The van der Waals surface area contributed by atoms with Gasteiger partial charge in [-0.25, -0.2) is 4.39 Å². The molecule has 2 rings (SSSR count). The van der Waals surface area contributed by atoms with Crippen LogP contribution in [0.15, 0.2) is 18.2 Å². The lowest BCUT2D eigenvalue weighted by Crippen LogP contribution is -2.51. The standard InChI is InChI=1S/C15H21FN2O/c1-10-5-6-12(13(16)8-10)15(19)18-7-3-4-11(2)14(18)9-17/h5-6,8,11,14H,3-4,7,9,17H2,1-2H3/t11-,14-/m0/s1. The zero-order valence-electron chi connectivity index (χ0n) is 11.5. The van der Waals surface area contributed by atoms with Crippen molar-refractivity contribution < 1.29 is 9.18 Å². The number of hydrogen-bond acceptors (Lipinski definition) is 2. The van der Waals surface area contributed by atoms with Gasteiger partial charge in [-0.15, -0.1) is 0 Å². The zero-order valence-corrected chi connectivity index (χ0v) is 11.5. The number of likely N-dealkylation sites (tertiary alicyclic amines) is 1. The van der Waals surface area contributed by atoms with Gasteiger partial charge >= 0.3 is 0 Å². The molecule has 1 amide bonds. The molecule has 1 saturated heterocycles. The fraction of sp³-hybridized carbons (Fsp3) is 0.533. The van der Waals surface area contributed by atoms with E-state index in [1.54, 1.807) is 17.0 Å². The first-order valence-electron chi connectivity index (χ1n) is 6.81. The number of nitrogens with two attached hydrogens (primary N) is 1. The van der Waals surface area contributed by atoms with Gasteiger partial charge in [-0.1, -0.05) is 13.0 Å². The Kier molecular flexibility index (Phi) is 4.20. The molecule has 0 unspecified atom stereocenters. The zero-order chi connectivity index (χ0) is 14.0. The molecule has 4 heteroatoms. The highest BCUT2D eigenvalue weighted by Crippen LogP contribution is 2.25. The topological polar surface area (TPSA) is 46.3 Å². The number of aryl methyl sites for hydroxylation is 1. The number of nitrogens with zero attached hydrogens (tertiary/aromatic N) is 1. The molecular weight excluding hydrogens is 243 g/mol. The molecule has 1 heterocycles. The van der Waals surface area contributed by atoms with Crippen LogP contribution in [0, 0.1) is 18.7 Å². The minimum atomic E-state index is -0.445. The van der Waals surface area contributed by atoms with Crippen molar-refractivity contribution in [2.24, 2.45) is 11.7 Å². The summed E-state index contributed by atoms with van der Waals surface area (Å²) >= 11 is 0. The minimum absolute atomic E-state index is 0.0157. The van der Waals surface area contributed by atoms with Crippen LogP contribution in [0.5, 0.6) is 0 Å². The molecule has 1 aromatic carbocycles. The number of carbonyl (C=O) groups excluding carboxylic acids is 1. The van der Waals surface area contributed by atoms with E-state index in [0.29, 0.717) is 19.0 Å². The summed E-state index contributed by atoms with van der Waals surface area (Å²) in [5, 5.41) is 0. The predicted molar refractivity (Wildman–Crippen MR) is 73.4 cm³/mol. The number of halogens is 1. The van der Waals surface area contributed by atoms with Crippen molar-refractivity contribution in [2.45, 2.75) is 32.7 Å². The molecule has 0 saturated carbocycles. The van der Waals surface area contributed by atoms with Crippen LogP contribution >= 0.6 is 0 Å². The summed E-state index contributed by atoms with van der Waals surface area (Å²) in [5.74, 6) is -0.310. The van der Waals surface area contributed by atoms with E-state index in [1.807, 2.05) is 6.92 Å². The number of piperidine rings is 1. The monoisotopic (exact) mass is 264 g/mol. The Morgan fingerprint density at radius 1 is 1.53 bits per heavy atom. The number of amides is 1. The summed E-state index contributed by atoms with van der Waals surface area (Å²) in [6.07, 6.45) is 2.03. The predicted octanol–water partition coefficient (Wildman–Crippen LogP) is 2.33. The van der Waals surface area contributed by atoms with Crippen molar-refractivity contribution in [3.8, 4) is 0 Å². The van der Waals surface area contributed by atoms with Gasteiger partial charge in [0.15, 0.2) is 0 Å². The van der Waals surface area contributed by atoms with Crippen LogP contribution in [-0.4, -0.2) is 29.9 Å². The summed E-state index contributed by atoms with van der Waals surface area (Å²) in [6, 6.07) is 4.75. The van der Waals surface area contributed by atoms with E-state index < -0.39 is 5.82 Å². The van der Waals surface area contributed by atoms with Gasteiger partial charge in [-0.3, -0.25) is 4.79 Å². The maximum Gasteiger partial charge on any atom is 0.257 e. The Balaban J connectivity index is 2.27. The van der Waals surface area contributed by atoms with Gasteiger partial charge in [0, 0.05) is 19.1 Å². The quantitative estimate of drug-likeness (QED) is 0.891. The van der Waals surface area contributed by atoms with Gasteiger partial charge in [0.1, 0.15) is 5.82 Å². The van der Waals surface area contributed by atoms with Crippen molar-refractivity contribution in [1.82, 2.24) is 4.90 Å². The van der Waals surface area contributed by atoms with Crippen LogP contribution in [0.1, 0.15) is 35.7 Å². The smallest absolute Gasteiger partial charge is 0.257 e. The highest BCUT2D eigenvalue weighted by molar-refractivity contribution is 5.94. The highest BCUT2D eigenvalue weighted by atomic mass is 19.1. The molecule has 19 heavy (non-hydrogen) atoms. The average Bonchev–Trinajstić information content (AvgIpc) is 2.37. The molecule has 0 aliphatic carbocycles. The van der Waals surface area contributed by atoms with E-state index in [9.17, 15) is 9.18 Å². The molecule has 0 spiro atoms. The highest BCUT2D eigenvalue weighted by Gasteiger charge is 2.32. The Labute approximate surface area is 113 Å². The summed E-state index contributed by atoms with van der Waals surface area (Å²) in [5.41, 5.74) is 6.74. The third kappa shape index (κ3) is 2.78. The molecule has 1 fully saturated rings. The maximum atomic E-state index is 13.9. The van der Waals surface area contributed by atoms with Gasteiger partial charge in [0.25, 0.3) is 5.91 Å². The van der Waals surface area contributed by atoms with Crippen molar-refractivity contribution in [1.29, 1.82) is 0 Å². The number of rotatable bonds is 2. The van der Waals surface area contributed by atoms with Crippen LogP contribution in [0.3, 0.4) is 0 Å². The molecule has 0 radical (unpaired) electrons. The second-order valence-corrected chi connectivity index (χ2v) is 5.40. The molecule has 2 atom stereocenters. The molecule has 104 valence electrons. The third-order valence-corrected chi connectivity index (χ3v) is 3.97. The molecule has 0 aromatic heterocycles. The second-order valence-electron chi connectivity index (χ2n) is 5.40. The fourth-order valence-electron chi connectivity index (χ4n) is 2.81. The Bertz CT molecular complexity index is 475. The van der Waals surface area contributed by atoms with E-state index in [0.717, 1.165) is 18.4 Å². The molecular formula is C15H21FN2O. The first-order valence-corrected chi connectivity index (χ1v) is 6.81. The number of carbonyl (C=O) groups is 1. The first-order chi connectivity index (χ1) is 9.04. The molecule has 1 aliphatic heterocycles. The summed E-state index contributed by atoms with van der Waals surface area (Å²) in [6.45, 7) is 5.00. The molecule has 1 aromatic rings. The van der Waals surface area contributed by atoms with Crippen LogP contribution < -0.4 is 5.73 Å². The normalized spacial score (nSPS) is 23.5. The van der Waals surface area contributed by atoms with Gasteiger partial charge < -0.3 is 10.6 Å². The molecule has 3 nitrogen and oxygen atoms in total. The van der Waals surface area contributed by atoms with Crippen LogP contribution in [0.4, 0.5) is 4.39 Å². The summed E-state index contributed by atoms with van der Waals surface area (Å²) in [4.78, 5) is 14.2. The maximum absolute atomic E-state index is 13.9.